The zero-order chi connectivity index (χ0) is 15.7. The Hall–Kier alpha value is -2.08. The van der Waals surface area contributed by atoms with Gasteiger partial charge in [-0.2, -0.15) is 0 Å². The van der Waals surface area contributed by atoms with Gasteiger partial charge in [0.25, 0.3) is 5.91 Å². The molecule has 0 atom stereocenters. The summed E-state index contributed by atoms with van der Waals surface area (Å²) in [7, 11) is 0. The number of benzene rings is 1. The Morgan fingerprint density at radius 3 is 2.38 bits per heavy atom. The highest BCUT2D eigenvalue weighted by molar-refractivity contribution is 9.10. The molecule has 5 nitrogen and oxygen atoms in total. The van der Waals surface area contributed by atoms with Gasteiger partial charge in [0.1, 0.15) is 5.69 Å². The summed E-state index contributed by atoms with van der Waals surface area (Å²) in [6.07, 6.45) is 0. The van der Waals surface area contributed by atoms with Crippen LogP contribution in [0.2, 0.25) is 0 Å². The number of halogens is 1. The van der Waals surface area contributed by atoms with E-state index < -0.39 is 5.97 Å². The number of nitrogens with one attached hydrogen (secondary N) is 2. The number of carboxylic acid groups (broad SMARTS) is 1. The Balaban J connectivity index is 2.35. The molecule has 1 aromatic heterocycles. The molecule has 0 aliphatic heterocycles. The molecule has 0 saturated carbocycles. The maximum atomic E-state index is 12.4. The SMILES string of the molecule is Cc1cc(Br)cc(NC(=O)c2c(C)[nH]c(C(=O)O)c2C)c1. The third-order valence-corrected chi connectivity index (χ3v) is 3.64. The molecule has 0 aliphatic carbocycles. The molecule has 6 heteroatoms. The van der Waals surface area contributed by atoms with Crippen LogP contribution in [-0.4, -0.2) is 22.0 Å². The molecule has 0 bridgehead atoms. The van der Waals surface area contributed by atoms with Gasteiger partial charge in [0.15, 0.2) is 0 Å². The number of aromatic nitrogens is 1. The Bertz CT molecular complexity index is 715. The van der Waals surface area contributed by atoms with Gasteiger partial charge < -0.3 is 15.4 Å². The van der Waals surface area contributed by atoms with Crippen molar-refractivity contribution in [3.05, 3.63) is 50.8 Å². The van der Waals surface area contributed by atoms with Gasteiger partial charge >= 0.3 is 5.97 Å². The van der Waals surface area contributed by atoms with Crippen LogP contribution in [0.4, 0.5) is 5.69 Å². The predicted octanol–water partition coefficient (Wildman–Crippen LogP) is 3.65. The molecule has 0 saturated heterocycles. The minimum absolute atomic E-state index is 0.0445. The summed E-state index contributed by atoms with van der Waals surface area (Å²) in [5, 5.41) is 11.9. The van der Waals surface area contributed by atoms with Gasteiger partial charge in [0.05, 0.1) is 5.56 Å². The van der Waals surface area contributed by atoms with E-state index in [2.05, 4.69) is 26.2 Å². The number of hydrogen-bond donors (Lipinski definition) is 3. The number of amides is 1. The molecule has 1 aromatic carbocycles. The number of carbonyl (C=O) groups excluding carboxylic acids is 1. The van der Waals surface area contributed by atoms with E-state index in [-0.39, 0.29) is 11.6 Å². The van der Waals surface area contributed by atoms with Crippen molar-refractivity contribution < 1.29 is 14.7 Å². The summed E-state index contributed by atoms with van der Waals surface area (Å²) in [5.74, 6) is -1.40. The predicted molar refractivity (Wildman–Crippen MR) is 84.1 cm³/mol. The molecule has 0 unspecified atom stereocenters. The van der Waals surface area contributed by atoms with Crippen molar-refractivity contribution in [3.63, 3.8) is 0 Å². The van der Waals surface area contributed by atoms with Gasteiger partial charge in [-0.05, 0) is 50.1 Å². The van der Waals surface area contributed by atoms with Crippen LogP contribution in [0, 0.1) is 20.8 Å². The zero-order valence-corrected chi connectivity index (χ0v) is 13.5. The molecule has 2 rings (SSSR count). The second-order valence-electron chi connectivity index (χ2n) is 4.90. The van der Waals surface area contributed by atoms with Crippen LogP contribution >= 0.6 is 15.9 Å². The highest BCUT2D eigenvalue weighted by atomic mass is 79.9. The largest absolute Gasteiger partial charge is 0.477 e. The molecule has 1 amide bonds. The lowest BCUT2D eigenvalue weighted by molar-refractivity contribution is 0.0690. The topological polar surface area (TPSA) is 82.2 Å². The zero-order valence-electron chi connectivity index (χ0n) is 11.9. The third-order valence-electron chi connectivity index (χ3n) is 3.18. The fourth-order valence-electron chi connectivity index (χ4n) is 2.31. The number of hydrogen-bond acceptors (Lipinski definition) is 2. The Morgan fingerprint density at radius 2 is 1.86 bits per heavy atom. The van der Waals surface area contributed by atoms with Crippen LogP contribution in [-0.2, 0) is 0 Å². The number of rotatable bonds is 3. The van der Waals surface area contributed by atoms with Crippen LogP contribution in [0.3, 0.4) is 0 Å². The van der Waals surface area contributed by atoms with E-state index in [0.717, 1.165) is 10.0 Å². The highest BCUT2D eigenvalue weighted by Gasteiger charge is 2.21. The van der Waals surface area contributed by atoms with Gasteiger partial charge in [-0.15, -0.1) is 0 Å². The van der Waals surface area contributed by atoms with Crippen LogP contribution < -0.4 is 5.32 Å². The highest BCUT2D eigenvalue weighted by Crippen LogP contribution is 2.22. The summed E-state index contributed by atoms with van der Waals surface area (Å²) in [6.45, 7) is 5.23. The van der Waals surface area contributed by atoms with Gasteiger partial charge in [-0.25, -0.2) is 4.79 Å². The van der Waals surface area contributed by atoms with Crippen LogP contribution in [0.5, 0.6) is 0 Å². The first kappa shape index (κ1) is 15.3. The lowest BCUT2D eigenvalue weighted by atomic mass is 10.1. The molecule has 1 heterocycles. The average Bonchev–Trinajstić information content (AvgIpc) is 2.63. The fraction of sp³-hybridized carbons (Fsp3) is 0.200. The lowest BCUT2D eigenvalue weighted by Gasteiger charge is -2.08. The summed E-state index contributed by atoms with van der Waals surface area (Å²) in [4.78, 5) is 26.2. The quantitative estimate of drug-likeness (QED) is 0.789. The van der Waals surface area contributed by atoms with E-state index in [1.807, 2.05) is 19.1 Å². The van der Waals surface area contributed by atoms with Gasteiger partial charge in [0, 0.05) is 15.9 Å². The number of aryl methyl sites for hydroxylation is 2. The van der Waals surface area contributed by atoms with E-state index in [1.165, 1.54) is 0 Å². The van der Waals surface area contributed by atoms with Crippen LogP contribution in [0.15, 0.2) is 22.7 Å². The smallest absolute Gasteiger partial charge is 0.352 e. The number of aromatic carboxylic acids is 1. The van der Waals surface area contributed by atoms with E-state index in [1.54, 1.807) is 19.9 Å². The molecular formula is C15H15BrN2O3. The molecule has 0 aliphatic rings. The lowest BCUT2D eigenvalue weighted by Crippen LogP contribution is -2.14. The molecule has 0 spiro atoms. The molecule has 0 radical (unpaired) electrons. The second-order valence-corrected chi connectivity index (χ2v) is 5.82. The third kappa shape index (κ3) is 3.16. The summed E-state index contributed by atoms with van der Waals surface area (Å²) >= 11 is 3.38. The molecule has 2 aromatic rings. The molecule has 0 fully saturated rings. The van der Waals surface area contributed by atoms with Gasteiger partial charge in [-0.1, -0.05) is 15.9 Å². The van der Waals surface area contributed by atoms with E-state index >= 15 is 0 Å². The van der Waals surface area contributed by atoms with Crippen molar-refractivity contribution in [1.82, 2.24) is 4.98 Å². The first-order chi connectivity index (χ1) is 9.79. The minimum atomic E-state index is -1.08. The number of aromatic amines is 1. The van der Waals surface area contributed by atoms with E-state index in [4.69, 9.17) is 5.11 Å². The Morgan fingerprint density at radius 1 is 1.19 bits per heavy atom. The van der Waals surface area contributed by atoms with Crippen molar-refractivity contribution >= 4 is 33.5 Å². The van der Waals surface area contributed by atoms with Crippen molar-refractivity contribution in [1.29, 1.82) is 0 Å². The summed E-state index contributed by atoms with van der Waals surface area (Å²) < 4.78 is 0.867. The van der Waals surface area contributed by atoms with Gasteiger partial charge in [-0.3, -0.25) is 4.79 Å². The number of carbonyl (C=O) groups is 2. The second kappa shape index (κ2) is 5.73. The molecule has 110 valence electrons. The number of anilines is 1. The normalized spacial score (nSPS) is 10.5. The van der Waals surface area contributed by atoms with Crippen molar-refractivity contribution in [2.24, 2.45) is 0 Å². The molecule has 3 N–H and O–H groups in total. The number of H-pyrrole nitrogens is 1. The van der Waals surface area contributed by atoms with Crippen molar-refractivity contribution in [2.75, 3.05) is 5.32 Å². The van der Waals surface area contributed by atoms with Crippen molar-refractivity contribution in [3.8, 4) is 0 Å². The summed E-state index contributed by atoms with van der Waals surface area (Å²) in [6, 6.07) is 5.57. The first-order valence-electron chi connectivity index (χ1n) is 6.30. The van der Waals surface area contributed by atoms with Crippen molar-refractivity contribution in [2.45, 2.75) is 20.8 Å². The minimum Gasteiger partial charge on any atom is -0.477 e. The molecule has 21 heavy (non-hydrogen) atoms. The van der Waals surface area contributed by atoms with Crippen LogP contribution in [0.25, 0.3) is 0 Å². The molecular weight excluding hydrogens is 336 g/mol. The Kier molecular flexibility index (Phi) is 4.18. The maximum absolute atomic E-state index is 12.4. The standard InChI is InChI=1S/C15H15BrN2O3/c1-7-4-10(16)6-11(5-7)18-14(19)12-8(2)13(15(20)21)17-9(12)3/h4-6,17H,1-3H3,(H,18,19)(H,20,21). The van der Waals surface area contributed by atoms with Gasteiger partial charge in [0.2, 0.25) is 0 Å². The maximum Gasteiger partial charge on any atom is 0.352 e. The first-order valence-corrected chi connectivity index (χ1v) is 7.10. The van der Waals surface area contributed by atoms with E-state index in [9.17, 15) is 9.59 Å². The average molecular weight is 351 g/mol. The van der Waals surface area contributed by atoms with E-state index in [0.29, 0.717) is 22.5 Å². The Labute approximate surface area is 130 Å². The summed E-state index contributed by atoms with van der Waals surface area (Å²) in [5.41, 5.74) is 3.05. The number of carboxylic acids is 1. The van der Waals surface area contributed by atoms with Crippen LogP contribution in [0.1, 0.15) is 37.7 Å². The fourth-order valence-corrected chi connectivity index (χ4v) is 2.91. The monoisotopic (exact) mass is 350 g/mol.